The van der Waals surface area contributed by atoms with Crippen LogP contribution >= 0.6 is 0 Å². The van der Waals surface area contributed by atoms with Crippen molar-refractivity contribution in [3.63, 3.8) is 0 Å². The molecule has 1 aromatic rings. The van der Waals surface area contributed by atoms with Gasteiger partial charge in [-0.05, 0) is 48.9 Å². The standard InChI is InChI=1S/C15H22O2/c1-11(16)13-8-9-15(17-2)14(10-13)12-6-4-3-5-7-12/h8-12,16H,3-7H2,1-2H3. The number of hydrogen-bond acceptors (Lipinski definition) is 2. The zero-order chi connectivity index (χ0) is 12.3. The van der Waals surface area contributed by atoms with Crippen LogP contribution in [0.15, 0.2) is 18.2 Å². The number of aliphatic hydroxyl groups excluding tert-OH is 1. The summed E-state index contributed by atoms with van der Waals surface area (Å²) in [4.78, 5) is 0. The number of aliphatic hydroxyl groups is 1. The van der Waals surface area contributed by atoms with E-state index in [0.717, 1.165) is 11.3 Å². The van der Waals surface area contributed by atoms with E-state index in [1.807, 2.05) is 19.1 Å². The first-order valence-electron chi connectivity index (χ1n) is 6.58. The maximum Gasteiger partial charge on any atom is 0.122 e. The third-order valence-corrected chi connectivity index (χ3v) is 3.78. The Morgan fingerprint density at radius 2 is 1.94 bits per heavy atom. The van der Waals surface area contributed by atoms with Crippen LogP contribution in [0.2, 0.25) is 0 Å². The van der Waals surface area contributed by atoms with Crippen LogP contribution in [0, 0.1) is 0 Å². The van der Waals surface area contributed by atoms with Gasteiger partial charge in [0.1, 0.15) is 5.75 Å². The third-order valence-electron chi connectivity index (χ3n) is 3.78. The Kier molecular flexibility index (Phi) is 4.06. The van der Waals surface area contributed by atoms with Crippen LogP contribution in [0.25, 0.3) is 0 Å². The monoisotopic (exact) mass is 234 g/mol. The fraction of sp³-hybridized carbons (Fsp3) is 0.600. The van der Waals surface area contributed by atoms with Gasteiger partial charge in [-0.15, -0.1) is 0 Å². The van der Waals surface area contributed by atoms with E-state index in [4.69, 9.17) is 4.74 Å². The summed E-state index contributed by atoms with van der Waals surface area (Å²) in [5.41, 5.74) is 2.27. The summed E-state index contributed by atoms with van der Waals surface area (Å²) in [6.07, 6.45) is 6.08. The van der Waals surface area contributed by atoms with E-state index in [2.05, 4.69) is 6.07 Å². The normalized spacial score (nSPS) is 19.0. The van der Waals surface area contributed by atoms with Gasteiger partial charge in [-0.1, -0.05) is 25.3 Å². The van der Waals surface area contributed by atoms with Gasteiger partial charge in [-0.25, -0.2) is 0 Å². The van der Waals surface area contributed by atoms with Gasteiger partial charge in [0.05, 0.1) is 13.2 Å². The second-order valence-corrected chi connectivity index (χ2v) is 5.01. The molecule has 0 amide bonds. The lowest BCUT2D eigenvalue weighted by Gasteiger charge is -2.24. The Bertz CT molecular complexity index is 365. The van der Waals surface area contributed by atoms with Crippen molar-refractivity contribution in [2.75, 3.05) is 7.11 Å². The molecule has 2 heteroatoms. The number of rotatable bonds is 3. The van der Waals surface area contributed by atoms with Crippen LogP contribution in [0.5, 0.6) is 5.75 Å². The van der Waals surface area contributed by atoms with E-state index >= 15 is 0 Å². The first-order chi connectivity index (χ1) is 8.22. The molecule has 0 aliphatic heterocycles. The van der Waals surface area contributed by atoms with Gasteiger partial charge in [0, 0.05) is 0 Å². The number of benzene rings is 1. The van der Waals surface area contributed by atoms with Gasteiger partial charge in [-0.3, -0.25) is 0 Å². The zero-order valence-electron chi connectivity index (χ0n) is 10.8. The first kappa shape index (κ1) is 12.4. The average molecular weight is 234 g/mol. The minimum Gasteiger partial charge on any atom is -0.496 e. The topological polar surface area (TPSA) is 29.5 Å². The molecule has 0 saturated heterocycles. The van der Waals surface area contributed by atoms with Gasteiger partial charge >= 0.3 is 0 Å². The molecule has 0 heterocycles. The van der Waals surface area contributed by atoms with E-state index in [0.29, 0.717) is 5.92 Å². The highest BCUT2D eigenvalue weighted by molar-refractivity contribution is 5.40. The second-order valence-electron chi connectivity index (χ2n) is 5.01. The molecule has 0 spiro atoms. The smallest absolute Gasteiger partial charge is 0.122 e. The van der Waals surface area contributed by atoms with E-state index in [9.17, 15) is 5.11 Å². The zero-order valence-corrected chi connectivity index (χ0v) is 10.8. The van der Waals surface area contributed by atoms with Crippen molar-refractivity contribution in [3.8, 4) is 5.75 Å². The van der Waals surface area contributed by atoms with Crippen LogP contribution in [0.3, 0.4) is 0 Å². The molecular weight excluding hydrogens is 212 g/mol. The molecular formula is C15H22O2. The largest absolute Gasteiger partial charge is 0.496 e. The van der Waals surface area contributed by atoms with E-state index < -0.39 is 6.10 Å². The van der Waals surface area contributed by atoms with Crippen molar-refractivity contribution in [3.05, 3.63) is 29.3 Å². The van der Waals surface area contributed by atoms with Crippen molar-refractivity contribution in [1.82, 2.24) is 0 Å². The molecule has 2 rings (SSSR count). The summed E-state index contributed by atoms with van der Waals surface area (Å²) < 4.78 is 5.45. The number of hydrogen-bond donors (Lipinski definition) is 1. The Labute approximate surface area is 104 Å². The molecule has 2 nitrogen and oxygen atoms in total. The van der Waals surface area contributed by atoms with Crippen LogP contribution in [0.4, 0.5) is 0 Å². The van der Waals surface area contributed by atoms with E-state index in [-0.39, 0.29) is 0 Å². The molecule has 1 atom stereocenters. The molecule has 0 radical (unpaired) electrons. The van der Waals surface area contributed by atoms with Crippen LogP contribution in [0.1, 0.15) is 62.2 Å². The molecule has 1 aromatic carbocycles. The molecule has 1 saturated carbocycles. The summed E-state index contributed by atoms with van der Waals surface area (Å²) in [6, 6.07) is 6.07. The van der Waals surface area contributed by atoms with Crippen molar-refractivity contribution >= 4 is 0 Å². The summed E-state index contributed by atoms with van der Waals surface area (Å²) in [5, 5.41) is 9.67. The Morgan fingerprint density at radius 3 is 2.53 bits per heavy atom. The summed E-state index contributed by atoms with van der Waals surface area (Å²) >= 11 is 0. The van der Waals surface area contributed by atoms with Gasteiger partial charge in [0.15, 0.2) is 0 Å². The van der Waals surface area contributed by atoms with Crippen LogP contribution in [-0.4, -0.2) is 12.2 Å². The predicted molar refractivity (Wildman–Crippen MR) is 69.5 cm³/mol. The Balaban J connectivity index is 2.30. The minimum atomic E-state index is -0.400. The van der Waals surface area contributed by atoms with Crippen LogP contribution < -0.4 is 4.74 Å². The van der Waals surface area contributed by atoms with Crippen LogP contribution in [-0.2, 0) is 0 Å². The van der Waals surface area contributed by atoms with Crippen molar-refractivity contribution in [2.45, 2.75) is 51.0 Å². The first-order valence-corrected chi connectivity index (χ1v) is 6.58. The summed E-state index contributed by atoms with van der Waals surface area (Å²) in [5.74, 6) is 1.58. The molecule has 1 aliphatic rings. The lowest BCUT2D eigenvalue weighted by Crippen LogP contribution is -2.07. The fourth-order valence-electron chi connectivity index (χ4n) is 2.75. The van der Waals surface area contributed by atoms with E-state index in [1.165, 1.54) is 37.7 Å². The van der Waals surface area contributed by atoms with Crippen molar-refractivity contribution < 1.29 is 9.84 Å². The SMILES string of the molecule is COc1ccc(C(C)O)cc1C1CCCCC1. The fourth-order valence-corrected chi connectivity index (χ4v) is 2.75. The molecule has 1 N–H and O–H groups in total. The Morgan fingerprint density at radius 1 is 1.24 bits per heavy atom. The Hall–Kier alpha value is -1.02. The summed E-state index contributed by atoms with van der Waals surface area (Å²) in [6.45, 7) is 1.81. The molecule has 0 aromatic heterocycles. The molecule has 17 heavy (non-hydrogen) atoms. The molecule has 1 fully saturated rings. The third kappa shape index (κ3) is 2.81. The molecule has 94 valence electrons. The quantitative estimate of drug-likeness (QED) is 0.862. The minimum absolute atomic E-state index is 0.400. The number of ether oxygens (including phenoxy) is 1. The molecule has 1 unspecified atom stereocenters. The lowest BCUT2D eigenvalue weighted by atomic mass is 9.83. The van der Waals surface area contributed by atoms with Gasteiger partial charge < -0.3 is 9.84 Å². The van der Waals surface area contributed by atoms with Gasteiger partial charge in [0.25, 0.3) is 0 Å². The highest BCUT2D eigenvalue weighted by Crippen LogP contribution is 2.38. The lowest BCUT2D eigenvalue weighted by molar-refractivity contribution is 0.199. The van der Waals surface area contributed by atoms with Crippen molar-refractivity contribution in [1.29, 1.82) is 0 Å². The maximum absolute atomic E-state index is 9.67. The maximum atomic E-state index is 9.67. The van der Waals surface area contributed by atoms with Gasteiger partial charge in [0.2, 0.25) is 0 Å². The predicted octanol–water partition coefficient (Wildman–Crippen LogP) is 3.80. The highest BCUT2D eigenvalue weighted by atomic mass is 16.5. The average Bonchev–Trinajstić information content (AvgIpc) is 2.39. The van der Waals surface area contributed by atoms with Gasteiger partial charge in [-0.2, -0.15) is 0 Å². The van der Waals surface area contributed by atoms with Crippen molar-refractivity contribution in [2.24, 2.45) is 0 Å². The highest BCUT2D eigenvalue weighted by Gasteiger charge is 2.20. The number of methoxy groups -OCH3 is 1. The summed E-state index contributed by atoms with van der Waals surface area (Å²) in [7, 11) is 1.73. The molecule has 0 bridgehead atoms. The second kappa shape index (κ2) is 5.54. The molecule has 1 aliphatic carbocycles. The van der Waals surface area contributed by atoms with E-state index in [1.54, 1.807) is 7.11 Å².